The fraction of sp³-hybridized carbons (Fsp3) is 0.458. The van der Waals surface area contributed by atoms with Gasteiger partial charge in [0.1, 0.15) is 12.4 Å². The van der Waals surface area contributed by atoms with Crippen LogP contribution in [-0.4, -0.2) is 58.4 Å². The summed E-state index contributed by atoms with van der Waals surface area (Å²) in [6, 6.07) is 12.0. The molecule has 2 aromatic carbocycles. The van der Waals surface area contributed by atoms with E-state index in [1.54, 1.807) is 21.3 Å². The van der Waals surface area contributed by atoms with E-state index in [2.05, 4.69) is 28.4 Å². The number of hydrogen-bond acceptors (Lipinski definition) is 6. The minimum atomic E-state index is -0.132. The van der Waals surface area contributed by atoms with Crippen molar-refractivity contribution in [3.8, 4) is 17.2 Å². The molecule has 0 spiro atoms. The number of carbonyl (C=O) groups is 1. The average Bonchev–Trinajstić information content (AvgIpc) is 2.78. The predicted molar refractivity (Wildman–Crippen MR) is 119 cm³/mol. The Bertz CT molecular complexity index is 884. The number of fused-ring (bicyclic) bond motifs is 1. The topological polar surface area (TPSA) is 69.3 Å². The minimum absolute atomic E-state index is 0.0218. The van der Waals surface area contributed by atoms with Crippen molar-refractivity contribution in [2.24, 2.45) is 0 Å². The van der Waals surface area contributed by atoms with Crippen LogP contribution in [0.4, 0.5) is 0 Å². The summed E-state index contributed by atoms with van der Waals surface area (Å²) >= 11 is 0. The zero-order chi connectivity index (χ0) is 22.4. The van der Waals surface area contributed by atoms with Crippen molar-refractivity contribution in [3.05, 3.63) is 53.1 Å². The molecule has 1 heterocycles. The van der Waals surface area contributed by atoms with Crippen LogP contribution in [0.15, 0.2) is 36.4 Å². The molecule has 7 heteroatoms. The molecule has 0 bridgehead atoms. The van der Waals surface area contributed by atoms with E-state index in [1.165, 1.54) is 18.2 Å². The third-order valence-corrected chi connectivity index (χ3v) is 5.71. The summed E-state index contributed by atoms with van der Waals surface area (Å²) in [7, 11) is 6.47. The van der Waals surface area contributed by atoms with Crippen molar-refractivity contribution in [1.82, 2.24) is 10.2 Å². The van der Waals surface area contributed by atoms with Gasteiger partial charge in [-0.15, -0.1) is 0 Å². The van der Waals surface area contributed by atoms with Gasteiger partial charge in [0.2, 0.25) is 5.91 Å². The third-order valence-electron chi connectivity index (χ3n) is 5.71. The lowest BCUT2D eigenvalue weighted by molar-refractivity contribution is -0.125. The number of nitrogens with one attached hydrogen (secondary N) is 1. The third kappa shape index (κ3) is 5.29. The lowest BCUT2D eigenvalue weighted by Crippen LogP contribution is -2.48. The van der Waals surface area contributed by atoms with Crippen molar-refractivity contribution < 1.29 is 23.7 Å². The van der Waals surface area contributed by atoms with Gasteiger partial charge in [-0.05, 0) is 54.3 Å². The zero-order valence-electron chi connectivity index (χ0n) is 18.9. The van der Waals surface area contributed by atoms with E-state index < -0.39 is 0 Å². The van der Waals surface area contributed by atoms with Crippen molar-refractivity contribution in [2.45, 2.75) is 32.0 Å². The average molecular weight is 429 g/mol. The molecule has 31 heavy (non-hydrogen) atoms. The molecular weight excluding hydrogens is 396 g/mol. The molecule has 3 rings (SSSR count). The lowest BCUT2D eigenvalue weighted by Gasteiger charge is -2.41. The van der Waals surface area contributed by atoms with Crippen LogP contribution in [0.5, 0.6) is 17.2 Å². The number of hydrogen-bond donors (Lipinski definition) is 1. The van der Waals surface area contributed by atoms with Gasteiger partial charge in [-0.3, -0.25) is 9.69 Å². The first-order valence-corrected chi connectivity index (χ1v) is 10.4. The summed E-state index contributed by atoms with van der Waals surface area (Å²) in [4.78, 5) is 14.7. The Kier molecular flexibility index (Phi) is 7.76. The van der Waals surface area contributed by atoms with Crippen LogP contribution >= 0.6 is 0 Å². The standard InChI is InChI=1S/C24H32N2O5/c1-16(25-23(27)15-28-2)24-20-13-22(31-5)21(30-4)12-18(20)10-11-26(24)14-17-6-8-19(29-3)9-7-17/h6-9,12-13,16,24H,10-11,14-15H2,1-5H3,(H,25,27)/t16-,24+/m0/s1. The summed E-state index contributed by atoms with van der Waals surface area (Å²) < 4.78 is 21.3. The Hall–Kier alpha value is -2.77. The Morgan fingerprint density at radius 3 is 2.35 bits per heavy atom. The van der Waals surface area contributed by atoms with Crippen LogP contribution in [0, 0.1) is 0 Å². The summed E-state index contributed by atoms with van der Waals surface area (Å²) in [5.74, 6) is 2.11. The predicted octanol–water partition coefficient (Wildman–Crippen LogP) is 2.96. The Morgan fingerprint density at radius 2 is 1.74 bits per heavy atom. The number of nitrogens with zero attached hydrogens (tertiary/aromatic N) is 1. The van der Waals surface area contributed by atoms with Crippen molar-refractivity contribution in [3.63, 3.8) is 0 Å². The molecule has 0 saturated heterocycles. The number of amides is 1. The van der Waals surface area contributed by atoms with Crippen molar-refractivity contribution in [1.29, 1.82) is 0 Å². The molecule has 0 aromatic heterocycles. The van der Waals surface area contributed by atoms with Crippen LogP contribution < -0.4 is 19.5 Å². The van der Waals surface area contributed by atoms with E-state index in [1.807, 2.05) is 25.1 Å². The van der Waals surface area contributed by atoms with Crippen LogP contribution in [0.3, 0.4) is 0 Å². The van der Waals surface area contributed by atoms with Gasteiger partial charge in [-0.2, -0.15) is 0 Å². The summed E-state index contributed by atoms with van der Waals surface area (Å²) in [6.07, 6.45) is 0.890. The fourth-order valence-electron chi connectivity index (χ4n) is 4.26. The van der Waals surface area contributed by atoms with Gasteiger partial charge < -0.3 is 24.3 Å². The number of ether oxygens (including phenoxy) is 4. The van der Waals surface area contributed by atoms with Gasteiger partial charge in [0, 0.05) is 26.2 Å². The molecule has 2 aromatic rings. The highest BCUT2D eigenvalue weighted by Gasteiger charge is 2.33. The molecule has 2 atom stereocenters. The second-order valence-electron chi connectivity index (χ2n) is 7.71. The maximum atomic E-state index is 12.3. The molecule has 0 radical (unpaired) electrons. The van der Waals surface area contributed by atoms with Crippen LogP contribution in [0.25, 0.3) is 0 Å². The van der Waals surface area contributed by atoms with Gasteiger partial charge in [-0.1, -0.05) is 12.1 Å². The molecule has 1 aliphatic rings. The Labute approximate surface area is 184 Å². The molecule has 1 N–H and O–H groups in total. The molecule has 1 amide bonds. The maximum absolute atomic E-state index is 12.3. The number of carbonyl (C=O) groups excluding carboxylic acids is 1. The highest BCUT2D eigenvalue weighted by molar-refractivity contribution is 5.77. The van der Waals surface area contributed by atoms with Crippen LogP contribution in [-0.2, 0) is 22.5 Å². The van der Waals surface area contributed by atoms with Gasteiger partial charge in [-0.25, -0.2) is 0 Å². The number of methoxy groups -OCH3 is 4. The smallest absolute Gasteiger partial charge is 0.246 e. The fourth-order valence-corrected chi connectivity index (χ4v) is 4.26. The maximum Gasteiger partial charge on any atom is 0.246 e. The van der Waals surface area contributed by atoms with E-state index in [4.69, 9.17) is 18.9 Å². The lowest BCUT2D eigenvalue weighted by atomic mass is 9.87. The highest BCUT2D eigenvalue weighted by atomic mass is 16.5. The second kappa shape index (κ2) is 10.5. The number of benzene rings is 2. The largest absolute Gasteiger partial charge is 0.497 e. The Balaban J connectivity index is 1.95. The first kappa shape index (κ1) is 22.9. The van der Waals surface area contributed by atoms with E-state index in [0.717, 1.165) is 36.6 Å². The molecule has 0 aliphatic carbocycles. The van der Waals surface area contributed by atoms with Crippen LogP contribution in [0.2, 0.25) is 0 Å². The molecule has 7 nitrogen and oxygen atoms in total. The molecule has 0 fully saturated rings. The number of rotatable bonds is 9. The summed E-state index contributed by atoms with van der Waals surface area (Å²) in [6.45, 7) is 3.69. The quantitative estimate of drug-likeness (QED) is 0.662. The molecule has 168 valence electrons. The zero-order valence-corrected chi connectivity index (χ0v) is 18.9. The first-order chi connectivity index (χ1) is 15.0. The minimum Gasteiger partial charge on any atom is -0.497 e. The highest BCUT2D eigenvalue weighted by Crippen LogP contribution is 2.40. The van der Waals surface area contributed by atoms with Crippen molar-refractivity contribution in [2.75, 3.05) is 41.6 Å². The monoisotopic (exact) mass is 428 g/mol. The van der Waals surface area contributed by atoms with Gasteiger partial charge in [0.05, 0.1) is 27.4 Å². The van der Waals surface area contributed by atoms with E-state index in [0.29, 0.717) is 5.75 Å². The summed E-state index contributed by atoms with van der Waals surface area (Å²) in [5, 5.41) is 3.09. The molecule has 1 aliphatic heterocycles. The van der Waals surface area contributed by atoms with E-state index in [9.17, 15) is 4.79 Å². The van der Waals surface area contributed by atoms with Gasteiger partial charge in [0.25, 0.3) is 0 Å². The van der Waals surface area contributed by atoms with Gasteiger partial charge >= 0.3 is 0 Å². The van der Waals surface area contributed by atoms with Crippen molar-refractivity contribution >= 4 is 5.91 Å². The van der Waals surface area contributed by atoms with E-state index >= 15 is 0 Å². The second-order valence-corrected chi connectivity index (χ2v) is 7.71. The van der Waals surface area contributed by atoms with E-state index in [-0.39, 0.29) is 24.6 Å². The van der Waals surface area contributed by atoms with Gasteiger partial charge in [0.15, 0.2) is 11.5 Å². The first-order valence-electron chi connectivity index (χ1n) is 10.4. The molecular formula is C24H32N2O5. The Morgan fingerprint density at radius 1 is 1.06 bits per heavy atom. The molecule has 0 saturated carbocycles. The summed E-state index contributed by atoms with van der Waals surface area (Å²) in [5.41, 5.74) is 3.54. The molecule has 0 unspecified atom stereocenters. The van der Waals surface area contributed by atoms with Crippen LogP contribution in [0.1, 0.15) is 29.7 Å². The normalized spacial score (nSPS) is 16.9. The SMILES string of the molecule is COCC(=O)N[C@@H](C)[C@@H]1c2cc(OC)c(OC)cc2CCN1Cc1ccc(OC)cc1.